The zero-order chi connectivity index (χ0) is 14.9. The molecule has 1 N–H and O–H groups in total. The molecule has 0 aliphatic carbocycles. The summed E-state index contributed by atoms with van der Waals surface area (Å²) in [6.07, 6.45) is 0.622. The van der Waals surface area contributed by atoms with E-state index in [1.165, 1.54) is 0 Å². The Morgan fingerprint density at radius 3 is 2.80 bits per heavy atom. The Hall–Kier alpha value is -1.07. The summed E-state index contributed by atoms with van der Waals surface area (Å²) in [4.78, 5) is 25.1. The lowest BCUT2D eigenvalue weighted by atomic mass is 9.84. The fourth-order valence-electron chi connectivity index (χ4n) is 2.71. The number of carboxylic acids is 1. The SMILES string of the molecule is CCN1C(=O)CCC(C(=O)O)C1c1ccc(Br)cc1Cl. The van der Waals surface area contributed by atoms with Gasteiger partial charge in [-0.25, -0.2) is 0 Å². The summed E-state index contributed by atoms with van der Waals surface area (Å²) in [7, 11) is 0. The number of carboxylic acid groups (broad SMARTS) is 1. The number of benzene rings is 1. The van der Waals surface area contributed by atoms with Crippen LogP contribution in [0.1, 0.15) is 31.4 Å². The average molecular weight is 361 g/mol. The fourth-order valence-corrected chi connectivity index (χ4v) is 3.50. The molecule has 1 saturated heterocycles. The molecule has 0 aromatic heterocycles. The van der Waals surface area contributed by atoms with E-state index < -0.39 is 17.9 Å². The van der Waals surface area contributed by atoms with Gasteiger partial charge < -0.3 is 10.0 Å². The molecule has 2 rings (SSSR count). The summed E-state index contributed by atoms with van der Waals surface area (Å²) < 4.78 is 0.823. The molecule has 0 saturated carbocycles. The Kier molecular flexibility index (Phi) is 4.70. The first-order chi connectivity index (χ1) is 9.45. The number of likely N-dealkylation sites (tertiary alicyclic amines) is 1. The first-order valence-corrected chi connectivity index (χ1v) is 7.60. The van der Waals surface area contributed by atoms with Crippen LogP contribution in [0.25, 0.3) is 0 Å². The monoisotopic (exact) mass is 359 g/mol. The number of piperidine rings is 1. The molecule has 1 heterocycles. The molecule has 1 aliphatic heterocycles. The number of hydrogen-bond donors (Lipinski definition) is 1. The van der Waals surface area contributed by atoms with Gasteiger partial charge in [-0.1, -0.05) is 33.6 Å². The maximum Gasteiger partial charge on any atom is 0.308 e. The molecule has 4 nitrogen and oxygen atoms in total. The number of rotatable bonds is 3. The average Bonchev–Trinajstić information content (AvgIpc) is 2.38. The summed E-state index contributed by atoms with van der Waals surface area (Å²) in [5.41, 5.74) is 0.692. The van der Waals surface area contributed by atoms with Crippen LogP contribution >= 0.6 is 27.5 Å². The molecular weight excluding hydrogens is 346 g/mol. The predicted molar refractivity (Wildman–Crippen MR) is 79.6 cm³/mol. The maximum atomic E-state index is 12.0. The number of amides is 1. The second kappa shape index (κ2) is 6.14. The van der Waals surface area contributed by atoms with Gasteiger partial charge in [0.05, 0.1) is 12.0 Å². The number of hydrogen-bond acceptors (Lipinski definition) is 2. The quantitative estimate of drug-likeness (QED) is 0.897. The van der Waals surface area contributed by atoms with E-state index in [1.54, 1.807) is 17.0 Å². The Morgan fingerprint density at radius 2 is 2.25 bits per heavy atom. The van der Waals surface area contributed by atoms with Crippen molar-refractivity contribution in [3.05, 3.63) is 33.3 Å². The van der Waals surface area contributed by atoms with Gasteiger partial charge in [-0.05, 0) is 31.0 Å². The smallest absolute Gasteiger partial charge is 0.308 e. The molecule has 1 aliphatic rings. The molecular formula is C14H15BrClNO3. The van der Waals surface area contributed by atoms with E-state index in [9.17, 15) is 14.7 Å². The van der Waals surface area contributed by atoms with Crippen molar-refractivity contribution in [2.45, 2.75) is 25.8 Å². The minimum atomic E-state index is -0.889. The van der Waals surface area contributed by atoms with Gasteiger partial charge in [0.1, 0.15) is 0 Å². The second-order valence-corrected chi connectivity index (χ2v) is 6.10. The molecule has 6 heteroatoms. The summed E-state index contributed by atoms with van der Waals surface area (Å²) in [6.45, 7) is 2.32. The van der Waals surface area contributed by atoms with Gasteiger partial charge in [0.25, 0.3) is 0 Å². The van der Waals surface area contributed by atoms with Crippen LogP contribution in [-0.4, -0.2) is 28.4 Å². The van der Waals surface area contributed by atoms with Crippen molar-refractivity contribution in [2.75, 3.05) is 6.54 Å². The molecule has 0 radical (unpaired) electrons. The lowest BCUT2D eigenvalue weighted by Crippen LogP contribution is -2.45. The molecule has 108 valence electrons. The van der Waals surface area contributed by atoms with Gasteiger partial charge in [-0.2, -0.15) is 0 Å². The molecule has 2 unspecified atom stereocenters. The second-order valence-electron chi connectivity index (χ2n) is 4.77. The molecule has 2 atom stereocenters. The van der Waals surface area contributed by atoms with Crippen molar-refractivity contribution in [3.8, 4) is 0 Å². The Morgan fingerprint density at radius 1 is 1.55 bits per heavy atom. The highest BCUT2D eigenvalue weighted by Gasteiger charge is 2.40. The largest absolute Gasteiger partial charge is 0.481 e. The Balaban J connectivity index is 2.49. The zero-order valence-corrected chi connectivity index (χ0v) is 13.3. The van der Waals surface area contributed by atoms with Gasteiger partial charge >= 0.3 is 5.97 Å². The van der Waals surface area contributed by atoms with E-state index in [0.717, 1.165) is 4.47 Å². The summed E-state index contributed by atoms with van der Waals surface area (Å²) in [6, 6.07) is 4.82. The predicted octanol–water partition coefficient (Wildman–Crippen LogP) is 3.49. The summed E-state index contributed by atoms with van der Waals surface area (Å²) in [5.74, 6) is -1.53. The van der Waals surface area contributed by atoms with Crippen LogP contribution in [-0.2, 0) is 9.59 Å². The third-order valence-corrected chi connectivity index (χ3v) is 4.47. The van der Waals surface area contributed by atoms with Gasteiger partial charge in [-0.3, -0.25) is 9.59 Å². The van der Waals surface area contributed by atoms with Crippen LogP contribution in [0.15, 0.2) is 22.7 Å². The van der Waals surface area contributed by atoms with E-state index >= 15 is 0 Å². The van der Waals surface area contributed by atoms with Crippen LogP contribution in [0.4, 0.5) is 0 Å². The molecule has 20 heavy (non-hydrogen) atoms. The Bertz CT molecular complexity index is 547. The minimum Gasteiger partial charge on any atom is -0.481 e. The lowest BCUT2D eigenvalue weighted by Gasteiger charge is -2.39. The van der Waals surface area contributed by atoms with E-state index in [1.807, 2.05) is 13.0 Å². The van der Waals surface area contributed by atoms with Gasteiger partial charge in [-0.15, -0.1) is 0 Å². The number of halogens is 2. The highest BCUT2D eigenvalue weighted by atomic mass is 79.9. The third-order valence-electron chi connectivity index (χ3n) is 3.65. The first kappa shape index (κ1) is 15.3. The fraction of sp³-hybridized carbons (Fsp3) is 0.429. The molecule has 1 fully saturated rings. The van der Waals surface area contributed by atoms with Gasteiger partial charge in [0.2, 0.25) is 5.91 Å². The Labute approximate surface area is 130 Å². The summed E-state index contributed by atoms with van der Waals surface area (Å²) >= 11 is 9.57. The number of nitrogens with zero attached hydrogens (tertiary/aromatic N) is 1. The van der Waals surface area contributed by atoms with Crippen molar-refractivity contribution in [2.24, 2.45) is 5.92 Å². The van der Waals surface area contributed by atoms with E-state index in [2.05, 4.69) is 15.9 Å². The highest BCUT2D eigenvalue weighted by molar-refractivity contribution is 9.10. The topological polar surface area (TPSA) is 57.6 Å². The van der Waals surface area contributed by atoms with Crippen molar-refractivity contribution in [1.82, 2.24) is 4.90 Å². The zero-order valence-electron chi connectivity index (χ0n) is 11.0. The maximum absolute atomic E-state index is 12.0. The van der Waals surface area contributed by atoms with Crippen molar-refractivity contribution >= 4 is 39.4 Å². The van der Waals surface area contributed by atoms with Crippen LogP contribution in [0.2, 0.25) is 5.02 Å². The number of carbonyl (C=O) groups excluding carboxylic acids is 1. The van der Waals surface area contributed by atoms with Gasteiger partial charge in [0, 0.05) is 22.5 Å². The molecule has 1 aromatic rings. The van der Waals surface area contributed by atoms with Crippen LogP contribution in [0.3, 0.4) is 0 Å². The van der Waals surface area contributed by atoms with Crippen LogP contribution < -0.4 is 0 Å². The third kappa shape index (κ3) is 2.83. The van der Waals surface area contributed by atoms with E-state index in [-0.39, 0.29) is 12.3 Å². The normalized spacial score (nSPS) is 22.9. The van der Waals surface area contributed by atoms with Crippen molar-refractivity contribution < 1.29 is 14.7 Å². The van der Waals surface area contributed by atoms with Crippen LogP contribution in [0, 0.1) is 5.92 Å². The van der Waals surface area contributed by atoms with E-state index in [0.29, 0.717) is 23.6 Å². The van der Waals surface area contributed by atoms with Gasteiger partial charge in [0.15, 0.2) is 0 Å². The molecule has 0 spiro atoms. The van der Waals surface area contributed by atoms with Crippen molar-refractivity contribution in [1.29, 1.82) is 0 Å². The molecule has 0 bridgehead atoms. The van der Waals surface area contributed by atoms with Crippen molar-refractivity contribution in [3.63, 3.8) is 0 Å². The van der Waals surface area contributed by atoms with E-state index in [4.69, 9.17) is 11.6 Å². The molecule has 1 aromatic carbocycles. The number of carbonyl (C=O) groups is 2. The molecule has 1 amide bonds. The lowest BCUT2D eigenvalue weighted by molar-refractivity contribution is -0.151. The highest BCUT2D eigenvalue weighted by Crippen LogP contribution is 2.40. The summed E-state index contributed by atoms with van der Waals surface area (Å²) in [5, 5.41) is 9.90. The minimum absolute atomic E-state index is 0.0195. The standard InChI is InChI=1S/C14H15BrClNO3/c1-2-17-12(18)6-5-10(14(19)20)13(17)9-4-3-8(15)7-11(9)16/h3-4,7,10,13H,2,5-6H2,1H3,(H,19,20). The van der Waals surface area contributed by atoms with Crippen LogP contribution in [0.5, 0.6) is 0 Å². The number of aliphatic carboxylic acids is 1. The first-order valence-electron chi connectivity index (χ1n) is 6.43.